The van der Waals surface area contributed by atoms with Crippen LogP contribution >= 0.6 is 11.3 Å². The van der Waals surface area contributed by atoms with Crippen molar-refractivity contribution in [1.82, 2.24) is 19.7 Å². The van der Waals surface area contributed by atoms with Crippen molar-refractivity contribution >= 4 is 17.2 Å². The number of ether oxygens (including phenoxy) is 2. The molecule has 0 radical (unpaired) electrons. The fraction of sp³-hybridized carbons (Fsp3) is 0.417. The van der Waals surface area contributed by atoms with Crippen LogP contribution in [0.25, 0.3) is 10.6 Å². The van der Waals surface area contributed by atoms with E-state index in [-0.39, 0.29) is 42.9 Å². The Balaban J connectivity index is 1.77. The first-order valence-electron chi connectivity index (χ1n) is 11.1. The van der Waals surface area contributed by atoms with E-state index >= 15 is 0 Å². The zero-order chi connectivity index (χ0) is 25.3. The van der Waals surface area contributed by atoms with Gasteiger partial charge in [0.1, 0.15) is 16.4 Å². The number of halogens is 1. The number of aromatic hydroxyl groups is 1. The number of hydrogen-bond acceptors (Lipinski definition) is 8. The largest absolute Gasteiger partial charge is 0.503 e. The van der Waals surface area contributed by atoms with E-state index in [0.717, 1.165) is 5.56 Å². The van der Waals surface area contributed by atoms with E-state index in [2.05, 4.69) is 10.2 Å². The summed E-state index contributed by atoms with van der Waals surface area (Å²) in [7, 11) is 3.10. The van der Waals surface area contributed by atoms with Gasteiger partial charge < -0.3 is 24.0 Å². The number of methoxy groups -OCH3 is 2. The van der Waals surface area contributed by atoms with Crippen LogP contribution in [0, 0.1) is 5.82 Å². The van der Waals surface area contributed by atoms with Gasteiger partial charge in [-0.1, -0.05) is 23.5 Å². The summed E-state index contributed by atoms with van der Waals surface area (Å²) in [5.41, 5.74) is -0.615. The summed E-state index contributed by atoms with van der Waals surface area (Å²) in [5.74, 6) is -1.43. The zero-order valence-corrected chi connectivity index (χ0v) is 20.8. The third-order valence-corrected chi connectivity index (χ3v) is 6.92. The topological polar surface area (TPSA) is 107 Å². The number of rotatable bonds is 8. The molecule has 0 unspecified atom stereocenters. The Morgan fingerprint density at radius 1 is 1.14 bits per heavy atom. The van der Waals surface area contributed by atoms with Crippen molar-refractivity contribution in [2.45, 2.75) is 38.4 Å². The van der Waals surface area contributed by atoms with Crippen molar-refractivity contribution < 1.29 is 23.8 Å². The predicted octanol–water partition coefficient (Wildman–Crippen LogP) is 2.70. The lowest BCUT2D eigenvalue weighted by molar-refractivity contribution is -0.0565. The minimum Gasteiger partial charge on any atom is -0.503 e. The third-order valence-electron chi connectivity index (χ3n) is 5.96. The van der Waals surface area contributed by atoms with E-state index in [1.807, 2.05) is 13.8 Å². The summed E-state index contributed by atoms with van der Waals surface area (Å²) in [5, 5.41) is 20.1. The summed E-state index contributed by atoms with van der Waals surface area (Å²) in [6, 6.07) is 5.83. The van der Waals surface area contributed by atoms with Gasteiger partial charge in [-0.15, -0.1) is 10.2 Å². The van der Waals surface area contributed by atoms with Crippen molar-refractivity contribution in [3.63, 3.8) is 0 Å². The second-order valence-corrected chi connectivity index (χ2v) is 9.92. The highest BCUT2D eigenvalue weighted by atomic mass is 32.1. The predicted molar refractivity (Wildman–Crippen MR) is 128 cm³/mol. The number of carbonyl (C=O) groups is 1. The van der Waals surface area contributed by atoms with Gasteiger partial charge in [-0.2, -0.15) is 0 Å². The molecule has 0 saturated carbocycles. The molecule has 0 fully saturated rings. The Bertz CT molecular complexity index is 1280. The number of benzene rings is 1. The second kappa shape index (κ2) is 9.84. The molecule has 0 bridgehead atoms. The fourth-order valence-electron chi connectivity index (χ4n) is 4.68. The molecule has 11 heteroatoms. The lowest BCUT2D eigenvalue weighted by atomic mass is 9.92. The van der Waals surface area contributed by atoms with Crippen molar-refractivity contribution in [2.24, 2.45) is 0 Å². The first-order chi connectivity index (χ1) is 16.7. The Morgan fingerprint density at radius 3 is 2.40 bits per heavy atom. The molecule has 9 nitrogen and oxygen atoms in total. The molecular formula is C24H27FN4O5S. The fourth-order valence-corrected chi connectivity index (χ4v) is 5.56. The average molecular weight is 503 g/mol. The van der Waals surface area contributed by atoms with Gasteiger partial charge in [-0.05, 0) is 31.5 Å². The molecule has 1 aliphatic rings. The van der Waals surface area contributed by atoms with Crippen LogP contribution in [-0.4, -0.2) is 69.7 Å². The number of carbonyl (C=O) groups excluding carboxylic acids is 1. The summed E-state index contributed by atoms with van der Waals surface area (Å²) in [4.78, 5) is 28.2. The lowest BCUT2D eigenvalue weighted by Gasteiger charge is -2.49. The lowest BCUT2D eigenvalue weighted by Crippen LogP contribution is -2.65. The van der Waals surface area contributed by atoms with Crippen LogP contribution in [-0.2, 0) is 22.4 Å². The number of nitrogens with zero attached hydrogens (tertiary/aromatic N) is 4. The van der Waals surface area contributed by atoms with E-state index in [1.165, 1.54) is 29.7 Å². The standard InChI is InChI=1S/C24H27FN4O5S/c1-14(2)29-23(32)19-21(31)20(30)17(10-28(19)11-24(29,12-33-3)13-34-4)22-27-26-18(35-22)9-15-5-7-16(25)8-6-15/h5-8,10,14,31H,9,11-13H2,1-4H3. The molecule has 0 saturated heterocycles. The van der Waals surface area contributed by atoms with Crippen LogP contribution in [0.3, 0.4) is 0 Å². The van der Waals surface area contributed by atoms with E-state index < -0.39 is 22.6 Å². The molecule has 35 heavy (non-hydrogen) atoms. The molecule has 3 heterocycles. The summed E-state index contributed by atoms with van der Waals surface area (Å²) < 4.78 is 25.7. The first kappa shape index (κ1) is 25.0. The van der Waals surface area contributed by atoms with Crippen molar-refractivity contribution in [1.29, 1.82) is 0 Å². The normalized spacial score (nSPS) is 15.0. The first-order valence-corrected chi connectivity index (χ1v) is 11.9. The number of amides is 1. The van der Waals surface area contributed by atoms with Gasteiger partial charge >= 0.3 is 0 Å². The Kier molecular flexibility index (Phi) is 7.02. The smallest absolute Gasteiger partial charge is 0.275 e. The van der Waals surface area contributed by atoms with Crippen molar-refractivity contribution in [3.8, 4) is 16.3 Å². The second-order valence-electron chi connectivity index (χ2n) is 8.86. The SMILES string of the molecule is COCC1(COC)Cn2cc(-c3nnc(Cc4ccc(F)cc4)s3)c(=O)c(O)c2C(=O)N1C(C)C. The maximum Gasteiger partial charge on any atom is 0.275 e. The summed E-state index contributed by atoms with van der Waals surface area (Å²) >= 11 is 1.20. The van der Waals surface area contributed by atoms with Gasteiger partial charge in [0.2, 0.25) is 5.43 Å². The van der Waals surface area contributed by atoms with Gasteiger partial charge in [-0.25, -0.2) is 4.39 Å². The Hall–Kier alpha value is -3.15. The highest BCUT2D eigenvalue weighted by molar-refractivity contribution is 7.14. The van der Waals surface area contributed by atoms with Crippen LogP contribution in [0.1, 0.15) is 34.9 Å². The van der Waals surface area contributed by atoms with Gasteiger partial charge in [-0.3, -0.25) is 9.59 Å². The molecule has 1 aromatic carbocycles. The van der Waals surface area contributed by atoms with Crippen LogP contribution in [0.4, 0.5) is 4.39 Å². The maximum absolute atomic E-state index is 13.5. The quantitative estimate of drug-likeness (QED) is 0.505. The maximum atomic E-state index is 13.5. The van der Waals surface area contributed by atoms with E-state index in [1.54, 1.807) is 35.8 Å². The van der Waals surface area contributed by atoms with Crippen molar-refractivity contribution in [2.75, 3.05) is 27.4 Å². The number of fused-ring (bicyclic) bond motifs is 1. The van der Waals surface area contributed by atoms with E-state index in [0.29, 0.717) is 16.4 Å². The van der Waals surface area contributed by atoms with Crippen molar-refractivity contribution in [3.05, 3.63) is 62.8 Å². The molecule has 1 N–H and O–H groups in total. The van der Waals surface area contributed by atoms with E-state index in [4.69, 9.17) is 9.47 Å². The molecule has 4 rings (SSSR count). The summed E-state index contributed by atoms with van der Waals surface area (Å²) in [6.07, 6.45) is 1.96. The molecule has 3 aromatic rings. The molecule has 0 spiro atoms. The zero-order valence-electron chi connectivity index (χ0n) is 19.9. The van der Waals surface area contributed by atoms with Gasteiger partial charge in [0, 0.05) is 32.9 Å². The molecule has 2 aromatic heterocycles. The van der Waals surface area contributed by atoms with Crippen LogP contribution in [0.2, 0.25) is 0 Å². The molecule has 0 aliphatic carbocycles. The average Bonchev–Trinajstić information content (AvgIpc) is 3.26. The summed E-state index contributed by atoms with van der Waals surface area (Å²) in [6.45, 7) is 4.37. The molecule has 0 atom stereocenters. The van der Waals surface area contributed by atoms with Gasteiger partial charge in [0.05, 0.1) is 25.3 Å². The third kappa shape index (κ3) is 4.58. The molecule has 1 aliphatic heterocycles. The van der Waals surface area contributed by atoms with E-state index in [9.17, 15) is 19.1 Å². The van der Waals surface area contributed by atoms with Gasteiger partial charge in [0.25, 0.3) is 5.91 Å². The monoisotopic (exact) mass is 502 g/mol. The van der Waals surface area contributed by atoms with Crippen LogP contribution in [0.5, 0.6) is 5.75 Å². The van der Waals surface area contributed by atoms with Crippen LogP contribution < -0.4 is 5.43 Å². The Labute approximate surface area is 205 Å². The number of pyridine rings is 1. The minimum absolute atomic E-state index is 0.0775. The number of hydrogen-bond donors (Lipinski definition) is 1. The minimum atomic E-state index is -0.838. The molecule has 186 valence electrons. The Morgan fingerprint density at radius 2 is 1.80 bits per heavy atom. The molecule has 1 amide bonds. The van der Waals surface area contributed by atoms with Crippen LogP contribution in [0.15, 0.2) is 35.3 Å². The number of aromatic nitrogens is 3. The highest BCUT2D eigenvalue weighted by Gasteiger charge is 2.48. The van der Waals surface area contributed by atoms with Gasteiger partial charge in [0.15, 0.2) is 16.5 Å². The molecular weight excluding hydrogens is 475 g/mol. The highest BCUT2D eigenvalue weighted by Crippen LogP contribution is 2.34.